The molecule has 1 aliphatic heterocycles. The summed E-state index contributed by atoms with van der Waals surface area (Å²) in [5.74, 6) is 3.05. The van der Waals surface area contributed by atoms with Gasteiger partial charge in [0, 0.05) is 24.2 Å². The van der Waals surface area contributed by atoms with Gasteiger partial charge in [-0.05, 0) is 71.7 Å². The summed E-state index contributed by atoms with van der Waals surface area (Å²) in [5, 5.41) is 17.9. The van der Waals surface area contributed by atoms with Crippen molar-refractivity contribution < 1.29 is 9.53 Å². The molecular formula is C23H36IN7O2. The van der Waals surface area contributed by atoms with Crippen LogP contribution in [0.25, 0.3) is 0 Å². The van der Waals surface area contributed by atoms with E-state index in [1.54, 1.807) is 0 Å². The van der Waals surface area contributed by atoms with E-state index in [9.17, 15) is 4.79 Å². The lowest BCUT2D eigenvalue weighted by molar-refractivity contribution is -0.121. The van der Waals surface area contributed by atoms with Gasteiger partial charge < -0.3 is 25.3 Å². The lowest BCUT2D eigenvalue weighted by Gasteiger charge is -2.21. The van der Waals surface area contributed by atoms with Crippen LogP contribution in [-0.2, 0) is 24.3 Å². The number of ether oxygens (including phenoxy) is 1. The number of aliphatic imine (C=N–C) groups is 1. The van der Waals surface area contributed by atoms with Crippen molar-refractivity contribution in [3.8, 4) is 5.75 Å². The number of carbonyl (C=O) groups is 1. The molecule has 0 atom stereocenters. The lowest BCUT2D eigenvalue weighted by atomic mass is 10.1. The van der Waals surface area contributed by atoms with Gasteiger partial charge in [0.2, 0.25) is 5.91 Å². The molecule has 0 saturated heterocycles. The van der Waals surface area contributed by atoms with Crippen LogP contribution < -0.4 is 20.7 Å². The third-order valence-electron chi connectivity index (χ3n) is 4.73. The summed E-state index contributed by atoms with van der Waals surface area (Å²) in [5.41, 5.74) is 0.544. The number of guanidine groups is 1. The van der Waals surface area contributed by atoms with Gasteiger partial charge in [-0.2, -0.15) is 0 Å². The van der Waals surface area contributed by atoms with Crippen molar-refractivity contribution in [3.05, 3.63) is 35.9 Å². The monoisotopic (exact) mass is 569 g/mol. The van der Waals surface area contributed by atoms with Gasteiger partial charge in [-0.25, -0.2) is 4.99 Å². The molecule has 2 aromatic rings. The molecule has 0 fully saturated rings. The number of carbonyl (C=O) groups excluding carboxylic acids is 1. The van der Waals surface area contributed by atoms with Crippen LogP contribution in [0.15, 0.2) is 29.3 Å². The van der Waals surface area contributed by atoms with Gasteiger partial charge in [-0.1, -0.05) is 0 Å². The number of anilines is 1. The van der Waals surface area contributed by atoms with Crippen LogP contribution >= 0.6 is 24.0 Å². The normalized spacial score (nSPS) is 13.7. The summed E-state index contributed by atoms with van der Waals surface area (Å²) in [6.45, 7) is 11.2. The zero-order valence-corrected chi connectivity index (χ0v) is 22.5. The van der Waals surface area contributed by atoms with E-state index in [-0.39, 0.29) is 48.1 Å². The lowest BCUT2D eigenvalue weighted by Crippen LogP contribution is -2.46. The first-order valence-electron chi connectivity index (χ1n) is 11.2. The summed E-state index contributed by atoms with van der Waals surface area (Å²) >= 11 is 0. The van der Waals surface area contributed by atoms with Crippen molar-refractivity contribution in [1.29, 1.82) is 0 Å². The number of amides is 1. The van der Waals surface area contributed by atoms with Gasteiger partial charge in [-0.3, -0.25) is 4.79 Å². The molecule has 1 aromatic carbocycles. The van der Waals surface area contributed by atoms with Crippen LogP contribution in [0.1, 0.15) is 59.1 Å². The standard InChI is InChI=1S/C23H35N7O2.HI/c1-16(2)32-18-11-9-17(10-12-18)26-22(25-15-21(31)27-23(3,4)5)24-14-20-29-28-19-8-6-7-13-30(19)20;/h9-12,16H,6-8,13-15H2,1-5H3,(H,27,31)(H2,24,25,26);1H. The summed E-state index contributed by atoms with van der Waals surface area (Å²) in [6.07, 6.45) is 3.35. The van der Waals surface area contributed by atoms with Gasteiger partial charge in [0.15, 0.2) is 11.8 Å². The highest BCUT2D eigenvalue weighted by Gasteiger charge is 2.16. The Hall–Kier alpha value is -2.37. The van der Waals surface area contributed by atoms with Crippen LogP contribution in [0.3, 0.4) is 0 Å². The van der Waals surface area contributed by atoms with Gasteiger partial charge in [-0.15, -0.1) is 34.2 Å². The third-order valence-corrected chi connectivity index (χ3v) is 4.73. The number of fused-ring (bicyclic) bond motifs is 1. The van der Waals surface area contributed by atoms with E-state index in [1.807, 2.05) is 58.9 Å². The molecule has 33 heavy (non-hydrogen) atoms. The van der Waals surface area contributed by atoms with Gasteiger partial charge >= 0.3 is 0 Å². The van der Waals surface area contributed by atoms with Crippen molar-refractivity contribution in [2.75, 3.05) is 11.9 Å². The van der Waals surface area contributed by atoms with Crippen molar-refractivity contribution >= 4 is 41.5 Å². The zero-order chi connectivity index (χ0) is 23.1. The van der Waals surface area contributed by atoms with E-state index in [0.717, 1.165) is 48.9 Å². The van der Waals surface area contributed by atoms with E-state index < -0.39 is 0 Å². The largest absolute Gasteiger partial charge is 0.491 e. The Morgan fingerprint density at radius 2 is 1.91 bits per heavy atom. The fourth-order valence-corrected chi connectivity index (χ4v) is 3.43. The average molecular weight is 569 g/mol. The molecule has 10 heteroatoms. The number of aryl methyl sites for hydroxylation is 1. The van der Waals surface area contributed by atoms with Crippen LogP contribution in [0.5, 0.6) is 5.75 Å². The quantitative estimate of drug-likeness (QED) is 0.268. The highest BCUT2D eigenvalue weighted by Crippen LogP contribution is 2.17. The number of hydrogen-bond acceptors (Lipinski definition) is 5. The fourth-order valence-electron chi connectivity index (χ4n) is 3.43. The fraction of sp³-hybridized carbons (Fsp3) is 0.565. The second-order valence-electron chi connectivity index (χ2n) is 9.27. The van der Waals surface area contributed by atoms with E-state index >= 15 is 0 Å². The maximum absolute atomic E-state index is 12.3. The molecule has 1 amide bonds. The Morgan fingerprint density at radius 3 is 2.58 bits per heavy atom. The number of aromatic nitrogens is 3. The topological polar surface area (TPSA) is 105 Å². The summed E-state index contributed by atoms with van der Waals surface area (Å²) in [7, 11) is 0. The first kappa shape index (κ1) is 26.9. The van der Waals surface area contributed by atoms with Gasteiger partial charge in [0.05, 0.1) is 12.6 Å². The van der Waals surface area contributed by atoms with Crippen LogP contribution in [0, 0.1) is 0 Å². The number of nitrogens with one attached hydrogen (secondary N) is 3. The first-order valence-corrected chi connectivity index (χ1v) is 11.2. The van der Waals surface area contributed by atoms with Crippen LogP contribution in [-0.4, -0.2) is 44.8 Å². The molecule has 3 rings (SSSR count). The Balaban J connectivity index is 0.00000385. The molecule has 1 aliphatic rings. The Kier molecular flexibility index (Phi) is 9.93. The van der Waals surface area contributed by atoms with Crippen LogP contribution in [0.2, 0.25) is 0 Å². The molecule has 9 nitrogen and oxygen atoms in total. The third kappa shape index (κ3) is 8.82. The SMILES string of the molecule is CC(C)Oc1ccc(NC(=NCc2nnc3n2CCCC3)NCC(=O)NC(C)(C)C)cc1.I. The van der Waals surface area contributed by atoms with Crippen molar-refractivity contribution in [2.24, 2.45) is 4.99 Å². The molecule has 0 radical (unpaired) electrons. The minimum absolute atomic E-state index is 0. The zero-order valence-electron chi connectivity index (χ0n) is 20.1. The van der Waals surface area contributed by atoms with E-state index in [1.165, 1.54) is 0 Å². The smallest absolute Gasteiger partial charge is 0.239 e. The predicted molar refractivity (Wildman–Crippen MR) is 141 cm³/mol. The number of nitrogens with zero attached hydrogens (tertiary/aromatic N) is 4. The number of hydrogen-bond donors (Lipinski definition) is 3. The molecule has 182 valence electrons. The number of benzene rings is 1. The summed E-state index contributed by atoms with van der Waals surface area (Å²) < 4.78 is 7.85. The molecule has 3 N–H and O–H groups in total. The van der Waals surface area contributed by atoms with Crippen molar-refractivity contribution in [1.82, 2.24) is 25.4 Å². The average Bonchev–Trinajstić information content (AvgIpc) is 3.13. The van der Waals surface area contributed by atoms with Crippen molar-refractivity contribution in [2.45, 2.75) is 78.6 Å². The maximum atomic E-state index is 12.3. The maximum Gasteiger partial charge on any atom is 0.239 e. The molecule has 1 aromatic heterocycles. The molecule has 0 aliphatic carbocycles. The van der Waals surface area contributed by atoms with E-state index in [4.69, 9.17) is 4.74 Å². The second-order valence-corrected chi connectivity index (χ2v) is 9.27. The second kappa shape index (κ2) is 12.2. The number of halogens is 1. The Labute approximate surface area is 213 Å². The molecule has 0 saturated carbocycles. The molecular weight excluding hydrogens is 533 g/mol. The predicted octanol–water partition coefficient (Wildman–Crippen LogP) is 3.49. The minimum Gasteiger partial charge on any atom is -0.491 e. The van der Waals surface area contributed by atoms with E-state index in [2.05, 4.69) is 35.7 Å². The summed E-state index contributed by atoms with van der Waals surface area (Å²) in [4.78, 5) is 17.0. The molecule has 0 spiro atoms. The van der Waals surface area contributed by atoms with Gasteiger partial charge in [0.25, 0.3) is 0 Å². The number of rotatable bonds is 7. The summed E-state index contributed by atoms with van der Waals surface area (Å²) in [6, 6.07) is 7.65. The van der Waals surface area contributed by atoms with Gasteiger partial charge in [0.1, 0.15) is 18.1 Å². The molecule has 2 heterocycles. The minimum atomic E-state index is -0.295. The highest BCUT2D eigenvalue weighted by molar-refractivity contribution is 14.0. The molecule has 0 bridgehead atoms. The first-order chi connectivity index (χ1) is 15.2. The van der Waals surface area contributed by atoms with Crippen molar-refractivity contribution in [3.63, 3.8) is 0 Å². The molecule has 0 unspecified atom stereocenters. The van der Waals surface area contributed by atoms with Crippen LogP contribution in [0.4, 0.5) is 5.69 Å². The Morgan fingerprint density at radius 1 is 1.18 bits per heavy atom. The van der Waals surface area contributed by atoms with E-state index in [0.29, 0.717) is 12.5 Å². The highest BCUT2D eigenvalue weighted by atomic mass is 127. The Bertz CT molecular complexity index is 933.